The predicted octanol–water partition coefficient (Wildman–Crippen LogP) is 5.86. The summed E-state index contributed by atoms with van der Waals surface area (Å²) in [6.07, 6.45) is 1.16. The lowest BCUT2D eigenvalue weighted by Gasteiger charge is -2.19. The van der Waals surface area contributed by atoms with Gasteiger partial charge in [-0.3, -0.25) is 0 Å². The van der Waals surface area contributed by atoms with E-state index in [1.807, 2.05) is 0 Å². The van der Waals surface area contributed by atoms with Crippen LogP contribution in [0, 0.1) is 0 Å². The fourth-order valence-electron chi connectivity index (χ4n) is 3.03. The summed E-state index contributed by atoms with van der Waals surface area (Å²) < 4.78 is 2.57. The smallest absolute Gasteiger partial charge is 0.184 e. The first-order valence-corrected chi connectivity index (χ1v) is 8.60. The molecule has 1 heteroatoms. The molecule has 0 amide bonds. The Labute approximate surface area is 136 Å². The van der Waals surface area contributed by atoms with Gasteiger partial charge >= 0.3 is 0 Å². The van der Waals surface area contributed by atoms with Crippen LogP contribution >= 0.6 is 0 Å². The van der Waals surface area contributed by atoms with Crippen LogP contribution in [0.2, 0.25) is 0 Å². The van der Waals surface area contributed by atoms with Crippen molar-refractivity contribution in [2.75, 3.05) is 0 Å². The zero-order valence-corrected chi connectivity index (χ0v) is 14.9. The fourth-order valence-corrected chi connectivity index (χ4v) is 3.03. The lowest BCUT2D eigenvalue weighted by atomic mass is 9.96. The second-order valence-electron chi connectivity index (χ2n) is 6.90. The molecule has 22 heavy (non-hydrogen) atoms. The van der Waals surface area contributed by atoms with Crippen LogP contribution < -0.4 is 4.57 Å². The molecular weight excluding hydrogens is 266 g/mol. The predicted molar refractivity (Wildman–Crippen MR) is 95.3 cm³/mol. The third-order valence-corrected chi connectivity index (χ3v) is 4.48. The molecular formula is C21H30N+. The lowest BCUT2D eigenvalue weighted by Crippen LogP contribution is -2.46. The zero-order valence-electron chi connectivity index (χ0n) is 14.9. The molecule has 0 aliphatic carbocycles. The number of nitrogens with zero attached hydrogens (tertiary/aromatic N) is 1. The molecule has 1 heterocycles. The van der Waals surface area contributed by atoms with Gasteiger partial charge in [0.15, 0.2) is 17.4 Å². The Kier molecular flexibility index (Phi) is 5.39. The zero-order chi connectivity index (χ0) is 16.3. The summed E-state index contributed by atoms with van der Waals surface area (Å²) in [5.74, 6) is 1.05. The number of hydrogen-bond donors (Lipinski definition) is 0. The Morgan fingerprint density at radius 1 is 0.773 bits per heavy atom. The highest BCUT2D eigenvalue weighted by Gasteiger charge is 2.27. The summed E-state index contributed by atoms with van der Waals surface area (Å²) in [5.41, 5.74) is 5.54. The number of pyridine rings is 1. The third kappa shape index (κ3) is 3.40. The van der Waals surface area contributed by atoms with Crippen molar-refractivity contribution in [2.45, 2.75) is 65.8 Å². The van der Waals surface area contributed by atoms with E-state index in [1.54, 1.807) is 0 Å². The molecule has 1 atom stereocenters. The van der Waals surface area contributed by atoms with Gasteiger partial charge in [-0.2, -0.15) is 4.57 Å². The first-order valence-electron chi connectivity index (χ1n) is 8.60. The van der Waals surface area contributed by atoms with Crippen molar-refractivity contribution in [3.05, 3.63) is 53.9 Å². The summed E-state index contributed by atoms with van der Waals surface area (Å²) in [4.78, 5) is 0. The van der Waals surface area contributed by atoms with Crippen LogP contribution in [0.15, 0.2) is 42.5 Å². The molecule has 0 spiro atoms. The van der Waals surface area contributed by atoms with Gasteiger partial charge in [0, 0.05) is 30.4 Å². The van der Waals surface area contributed by atoms with Crippen molar-refractivity contribution in [2.24, 2.45) is 0 Å². The molecule has 0 radical (unpaired) electrons. The molecule has 0 N–H and O–H groups in total. The van der Waals surface area contributed by atoms with E-state index in [-0.39, 0.29) is 0 Å². The molecule has 1 aromatic carbocycles. The Balaban J connectivity index is 2.70. The monoisotopic (exact) mass is 296 g/mol. The first-order chi connectivity index (χ1) is 10.5. The third-order valence-electron chi connectivity index (χ3n) is 4.48. The van der Waals surface area contributed by atoms with Gasteiger partial charge in [0.05, 0.1) is 0 Å². The molecule has 0 saturated heterocycles. The topological polar surface area (TPSA) is 3.88 Å². The molecule has 1 unspecified atom stereocenters. The number of aromatic nitrogens is 1. The van der Waals surface area contributed by atoms with E-state index in [4.69, 9.17) is 0 Å². The van der Waals surface area contributed by atoms with E-state index in [0.29, 0.717) is 17.9 Å². The van der Waals surface area contributed by atoms with Crippen molar-refractivity contribution in [3.63, 3.8) is 0 Å². The Hall–Kier alpha value is -1.63. The molecule has 0 saturated carbocycles. The van der Waals surface area contributed by atoms with Crippen LogP contribution in [0.4, 0.5) is 0 Å². The van der Waals surface area contributed by atoms with Crippen LogP contribution in [-0.4, -0.2) is 0 Å². The quantitative estimate of drug-likeness (QED) is 0.608. The molecule has 0 aliphatic rings. The van der Waals surface area contributed by atoms with Gasteiger partial charge in [-0.25, -0.2) is 0 Å². The SMILES string of the molecule is CCC(C)[n+]1c(C(C)C)cc(-c2ccccc2)cc1C(C)C. The molecule has 1 aromatic heterocycles. The van der Waals surface area contributed by atoms with Gasteiger partial charge in [0.2, 0.25) is 0 Å². The standard InChI is InChI=1S/C21H30N/c1-7-17(6)22-20(15(2)3)13-19(14-21(22)16(4)5)18-11-9-8-10-12-18/h8-17H,7H2,1-6H3/q+1. The molecule has 1 nitrogen and oxygen atoms in total. The number of benzene rings is 1. The normalized spacial score (nSPS) is 12.9. The maximum absolute atomic E-state index is 2.57. The van der Waals surface area contributed by atoms with Crippen molar-refractivity contribution in [1.82, 2.24) is 0 Å². The van der Waals surface area contributed by atoms with Gasteiger partial charge in [0.25, 0.3) is 0 Å². The Morgan fingerprint density at radius 3 is 1.68 bits per heavy atom. The Morgan fingerprint density at radius 2 is 1.27 bits per heavy atom. The van der Waals surface area contributed by atoms with Crippen LogP contribution in [0.1, 0.15) is 77.2 Å². The minimum Gasteiger partial charge on any atom is -0.197 e. The molecule has 0 fully saturated rings. The van der Waals surface area contributed by atoms with Crippen molar-refractivity contribution >= 4 is 0 Å². The van der Waals surface area contributed by atoms with E-state index < -0.39 is 0 Å². The maximum Gasteiger partial charge on any atom is 0.184 e. The Bertz CT molecular complexity index is 582. The highest BCUT2D eigenvalue weighted by Crippen LogP contribution is 2.27. The summed E-state index contributed by atoms with van der Waals surface area (Å²) in [6.45, 7) is 13.8. The highest BCUT2D eigenvalue weighted by atomic mass is 15.0. The van der Waals surface area contributed by atoms with Crippen LogP contribution in [0.3, 0.4) is 0 Å². The molecule has 0 bridgehead atoms. The maximum atomic E-state index is 2.57. The van der Waals surface area contributed by atoms with E-state index in [0.717, 1.165) is 6.42 Å². The van der Waals surface area contributed by atoms with Crippen molar-refractivity contribution < 1.29 is 4.57 Å². The van der Waals surface area contributed by atoms with Crippen LogP contribution in [0.5, 0.6) is 0 Å². The molecule has 2 rings (SSSR count). The van der Waals surface area contributed by atoms with Crippen molar-refractivity contribution in [1.29, 1.82) is 0 Å². The largest absolute Gasteiger partial charge is 0.197 e. The summed E-state index contributed by atoms with van der Waals surface area (Å²) in [6, 6.07) is 16.0. The number of rotatable bonds is 5. The van der Waals surface area contributed by atoms with Gasteiger partial charge in [-0.1, -0.05) is 65.0 Å². The minimum atomic E-state index is 0.523. The molecule has 0 aliphatic heterocycles. The highest BCUT2D eigenvalue weighted by molar-refractivity contribution is 5.63. The van der Waals surface area contributed by atoms with E-state index in [1.165, 1.54) is 22.5 Å². The minimum absolute atomic E-state index is 0.523. The number of hydrogen-bond acceptors (Lipinski definition) is 0. The summed E-state index contributed by atoms with van der Waals surface area (Å²) >= 11 is 0. The van der Waals surface area contributed by atoms with Gasteiger partial charge in [-0.05, 0) is 18.1 Å². The van der Waals surface area contributed by atoms with E-state index in [2.05, 4.69) is 88.6 Å². The van der Waals surface area contributed by atoms with E-state index in [9.17, 15) is 0 Å². The average molecular weight is 296 g/mol. The second-order valence-corrected chi connectivity index (χ2v) is 6.90. The summed E-state index contributed by atoms with van der Waals surface area (Å²) in [7, 11) is 0. The lowest BCUT2D eigenvalue weighted by molar-refractivity contribution is -0.735. The first kappa shape index (κ1) is 16.7. The second kappa shape index (κ2) is 7.09. The van der Waals surface area contributed by atoms with Crippen molar-refractivity contribution in [3.8, 4) is 11.1 Å². The molecule has 2 aromatic rings. The van der Waals surface area contributed by atoms with Crippen LogP contribution in [-0.2, 0) is 0 Å². The van der Waals surface area contributed by atoms with Gasteiger partial charge in [0.1, 0.15) is 0 Å². The molecule has 118 valence electrons. The van der Waals surface area contributed by atoms with E-state index >= 15 is 0 Å². The average Bonchev–Trinajstić information content (AvgIpc) is 2.53. The van der Waals surface area contributed by atoms with Crippen LogP contribution in [0.25, 0.3) is 11.1 Å². The fraction of sp³-hybridized carbons (Fsp3) is 0.476. The summed E-state index contributed by atoms with van der Waals surface area (Å²) in [5, 5.41) is 0. The van der Waals surface area contributed by atoms with Gasteiger partial charge in [-0.15, -0.1) is 0 Å². The van der Waals surface area contributed by atoms with Gasteiger partial charge < -0.3 is 0 Å².